The zero-order valence-corrected chi connectivity index (χ0v) is 10.2. The van der Waals surface area contributed by atoms with Crippen LogP contribution in [0.4, 0.5) is 0 Å². The summed E-state index contributed by atoms with van der Waals surface area (Å²) >= 11 is 0. The van der Waals surface area contributed by atoms with Crippen molar-refractivity contribution in [3.8, 4) is 5.69 Å². The van der Waals surface area contributed by atoms with E-state index in [2.05, 4.69) is 5.10 Å². The number of rotatable bonds is 3. The van der Waals surface area contributed by atoms with Gasteiger partial charge in [0.15, 0.2) is 5.69 Å². The standard InChI is InChI=1S/C13H14N2O3/c1-8-4-3-5-9(2)12(8)15-6-10(7-16)11(14-15)13(17)18/h3-6,16H,7H2,1-2H3,(H,17,18). The topological polar surface area (TPSA) is 75.4 Å². The molecule has 2 aromatic rings. The summed E-state index contributed by atoms with van der Waals surface area (Å²) in [5.74, 6) is -1.14. The van der Waals surface area contributed by atoms with E-state index in [9.17, 15) is 4.79 Å². The van der Waals surface area contributed by atoms with E-state index in [-0.39, 0.29) is 12.3 Å². The summed E-state index contributed by atoms with van der Waals surface area (Å²) in [6.45, 7) is 3.53. The number of aryl methyl sites for hydroxylation is 2. The maximum Gasteiger partial charge on any atom is 0.356 e. The Morgan fingerprint density at radius 1 is 1.33 bits per heavy atom. The quantitative estimate of drug-likeness (QED) is 0.864. The van der Waals surface area contributed by atoms with Gasteiger partial charge in [-0.05, 0) is 25.0 Å². The lowest BCUT2D eigenvalue weighted by molar-refractivity contribution is 0.0686. The van der Waals surface area contributed by atoms with Crippen LogP contribution in [0.1, 0.15) is 27.2 Å². The van der Waals surface area contributed by atoms with Gasteiger partial charge in [0.1, 0.15) is 0 Å². The number of hydrogen-bond acceptors (Lipinski definition) is 3. The number of aliphatic hydroxyl groups excluding tert-OH is 1. The number of benzene rings is 1. The largest absolute Gasteiger partial charge is 0.476 e. The molecule has 1 heterocycles. The van der Waals surface area contributed by atoms with Gasteiger partial charge in [0.05, 0.1) is 12.3 Å². The fraction of sp³-hybridized carbons (Fsp3) is 0.231. The Labute approximate surface area is 104 Å². The molecule has 2 N–H and O–H groups in total. The van der Waals surface area contributed by atoms with Gasteiger partial charge in [-0.15, -0.1) is 0 Å². The van der Waals surface area contributed by atoms with Gasteiger partial charge in [-0.1, -0.05) is 18.2 Å². The van der Waals surface area contributed by atoms with Gasteiger partial charge in [0.25, 0.3) is 0 Å². The van der Waals surface area contributed by atoms with Crippen LogP contribution in [0.25, 0.3) is 5.69 Å². The summed E-state index contributed by atoms with van der Waals surface area (Å²) < 4.78 is 1.51. The third-order valence-electron chi connectivity index (χ3n) is 2.83. The van der Waals surface area contributed by atoms with E-state index in [1.54, 1.807) is 6.20 Å². The van der Waals surface area contributed by atoms with Crippen molar-refractivity contribution in [1.29, 1.82) is 0 Å². The molecule has 0 aliphatic carbocycles. The molecule has 2 rings (SSSR count). The highest BCUT2D eigenvalue weighted by atomic mass is 16.4. The number of carboxylic acids is 1. The number of aromatic carboxylic acids is 1. The van der Waals surface area contributed by atoms with E-state index in [0.29, 0.717) is 5.56 Å². The van der Waals surface area contributed by atoms with Gasteiger partial charge in [0, 0.05) is 11.8 Å². The molecule has 1 aromatic heterocycles. The molecule has 0 spiro atoms. The summed E-state index contributed by atoms with van der Waals surface area (Å²) in [7, 11) is 0. The number of para-hydroxylation sites is 1. The van der Waals surface area contributed by atoms with E-state index in [0.717, 1.165) is 16.8 Å². The molecular formula is C13H14N2O3. The average molecular weight is 246 g/mol. The smallest absolute Gasteiger partial charge is 0.356 e. The zero-order chi connectivity index (χ0) is 13.3. The Balaban J connectivity index is 2.62. The highest BCUT2D eigenvalue weighted by Crippen LogP contribution is 2.20. The van der Waals surface area contributed by atoms with Crippen molar-refractivity contribution in [1.82, 2.24) is 9.78 Å². The fourth-order valence-electron chi connectivity index (χ4n) is 1.99. The van der Waals surface area contributed by atoms with Crippen molar-refractivity contribution < 1.29 is 15.0 Å². The van der Waals surface area contributed by atoms with Crippen LogP contribution in [0.5, 0.6) is 0 Å². The van der Waals surface area contributed by atoms with Gasteiger partial charge >= 0.3 is 5.97 Å². The molecular weight excluding hydrogens is 232 g/mol. The van der Waals surface area contributed by atoms with Crippen molar-refractivity contribution in [3.63, 3.8) is 0 Å². The van der Waals surface area contributed by atoms with Crippen LogP contribution in [0.3, 0.4) is 0 Å². The minimum atomic E-state index is -1.14. The van der Waals surface area contributed by atoms with E-state index in [1.165, 1.54) is 4.68 Å². The lowest BCUT2D eigenvalue weighted by Crippen LogP contribution is -2.04. The van der Waals surface area contributed by atoms with Crippen LogP contribution in [0.15, 0.2) is 24.4 Å². The first-order valence-electron chi connectivity index (χ1n) is 5.54. The third kappa shape index (κ3) is 2.00. The van der Waals surface area contributed by atoms with E-state index < -0.39 is 5.97 Å². The number of hydrogen-bond donors (Lipinski definition) is 2. The molecule has 0 aliphatic rings. The second kappa shape index (κ2) is 4.62. The van der Waals surface area contributed by atoms with Crippen molar-refractivity contribution in [2.75, 3.05) is 0 Å². The highest BCUT2D eigenvalue weighted by molar-refractivity contribution is 5.87. The van der Waals surface area contributed by atoms with Crippen LogP contribution >= 0.6 is 0 Å². The van der Waals surface area contributed by atoms with Crippen LogP contribution in [0, 0.1) is 13.8 Å². The lowest BCUT2D eigenvalue weighted by atomic mass is 10.1. The van der Waals surface area contributed by atoms with E-state index in [1.807, 2.05) is 32.0 Å². The predicted molar refractivity (Wildman–Crippen MR) is 65.9 cm³/mol. The molecule has 0 fully saturated rings. The molecule has 0 saturated heterocycles. The minimum Gasteiger partial charge on any atom is -0.476 e. The molecule has 0 amide bonds. The zero-order valence-electron chi connectivity index (χ0n) is 10.2. The number of carboxylic acid groups (broad SMARTS) is 1. The Morgan fingerprint density at radius 3 is 2.39 bits per heavy atom. The molecule has 0 aliphatic heterocycles. The van der Waals surface area contributed by atoms with Gasteiger partial charge in [0.2, 0.25) is 0 Å². The van der Waals surface area contributed by atoms with Gasteiger partial charge < -0.3 is 10.2 Å². The fourth-order valence-corrected chi connectivity index (χ4v) is 1.99. The highest BCUT2D eigenvalue weighted by Gasteiger charge is 2.17. The number of aliphatic hydroxyl groups is 1. The van der Waals surface area contributed by atoms with Crippen molar-refractivity contribution >= 4 is 5.97 Å². The summed E-state index contributed by atoms with van der Waals surface area (Å²) in [4.78, 5) is 11.0. The number of aromatic nitrogens is 2. The number of carbonyl (C=O) groups is 1. The second-order valence-electron chi connectivity index (χ2n) is 4.15. The lowest BCUT2D eigenvalue weighted by Gasteiger charge is -2.08. The SMILES string of the molecule is Cc1cccc(C)c1-n1cc(CO)c(C(=O)O)n1. The molecule has 0 unspecified atom stereocenters. The Kier molecular flexibility index (Phi) is 3.16. The summed E-state index contributed by atoms with van der Waals surface area (Å²) in [5.41, 5.74) is 3.04. The molecule has 0 bridgehead atoms. The maximum atomic E-state index is 11.0. The predicted octanol–water partition coefficient (Wildman–Crippen LogP) is 1.68. The molecule has 94 valence electrons. The first kappa shape index (κ1) is 12.3. The van der Waals surface area contributed by atoms with Crippen molar-refractivity contribution in [3.05, 3.63) is 46.8 Å². The third-order valence-corrected chi connectivity index (χ3v) is 2.83. The molecule has 0 atom stereocenters. The Morgan fingerprint density at radius 2 is 1.94 bits per heavy atom. The molecule has 5 heteroatoms. The Hall–Kier alpha value is -2.14. The summed E-state index contributed by atoms with van der Waals surface area (Å²) in [5, 5.41) is 22.2. The minimum absolute atomic E-state index is 0.111. The normalized spacial score (nSPS) is 10.6. The molecule has 0 radical (unpaired) electrons. The van der Waals surface area contributed by atoms with Crippen LogP contribution in [-0.2, 0) is 6.61 Å². The van der Waals surface area contributed by atoms with Crippen LogP contribution in [-0.4, -0.2) is 26.0 Å². The first-order chi connectivity index (χ1) is 8.54. The van der Waals surface area contributed by atoms with E-state index in [4.69, 9.17) is 10.2 Å². The van der Waals surface area contributed by atoms with Crippen molar-refractivity contribution in [2.24, 2.45) is 0 Å². The first-order valence-corrected chi connectivity index (χ1v) is 5.54. The second-order valence-corrected chi connectivity index (χ2v) is 4.15. The maximum absolute atomic E-state index is 11.0. The van der Waals surface area contributed by atoms with Gasteiger partial charge in [-0.25, -0.2) is 9.48 Å². The average Bonchev–Trinajstić information content (AvgIpc) is 2.73. The van der Waals surface area contributed by atoms with Crippen molar-refractivity contribution in [2.45, 2.75) is 20.5 Å². The summed E-state index contributed by atoms with van der Waals surface area (Å²) in [6, 6.07) is 5.80. The molecule has 5 nitrogen and oxygen atoms in total. The molecule has 0 saturated carbocycles. The number of nitrogens with zero attached hydrogens (tertiary/aromatic N) is 2. The molecule has 18 heavy (non-hydrogen) atoms. The van der Waals surface area contributed by atoms with Gasteiger partial charge in [-0.3, -0.25) is 0 Å². The monoisotopic (exact) mass is 246 g/mol. The summed E-state index contributed by atoms with van der Waals surface area (Å²) in [6.07, 6.45) is 1.55. The van der Waals surface area contributed by atoms with E-state index >= 15 is 0 Å². The molecule has 1 aromatic carbocycles. The van der Waals surface area contributed by atoms with Crippen LogP contribution in [0.2, 0.25) is 0 Å². The van der Waals surface area contributed by atoms with Crippen LogP contribution < -0.4 is 0 Å². The Bertz CT molecular complexity index is 582. The van der Waals surface area contributed by atoms with Gasteiger partial charge in [-0.2, -0.15) is 5.10 Å².